The van der Waals surface area contributed by atoms with Gasteiger partial charge in [-0.2, -0.15) is 0 Å². The first-order valence-corrected chi connectivity index (χ1v) is 6.82. The second-order valence-electron chi connectivity index (χ2n) is 6.07. The quantitative estimate of drug-likeness (QED) is 0.500. The molecule has 0 aliphatic carbocycles. The lowest BCUT2D eigenvalue weighted by molar-refractivity contribution is -0.129. The monoisotopic (exact) mass is 278 g/mol. The van der Waals surface area contributed by atoms with E-state index in [0.717, 1.165) is 17.7 Å². The third-order valence-electron chi connectivity index (χ3n) is 3.32. The fraction of sp³-hybridized carbons (Fsp3) is 0.533. The second kappa shape index (κ2) is 5.32. The van der Waals surface area contributed by atoms with Crippen LogP contribution in [0.3, 0.4) is 0 Å². The Kier molecular flexibility index (Phi) is 3.90. The molecular formula is C15H22N2O3. The third kappa shape index (κ3) is 2.88. The number of nitrogens with one attached hydrogen (secondary N) is 1. The van der Waals surface area contributed by atoms with Crippen molar-refractivity contribution in [3.8, 4) is 11.5 Å². The number of benzene rings is 1. The van der Waals surface area contributed by atoms with E-state index in [-0.39, 0.29) is 17.4 Å². The Balaban J connectivity index is 2.27. The molecule has 1 aliphatic rings. The fourth-order valence-corrected chi connectivity index (χ4v) is 2.39. The molecule has 1 heterocycles. The molecule has 0 bridgehead atoms. The van der Waals surface area contributed by atoms with Crippen molar-refractivity contribution in [3.05, 3.63) is 23.8 Å². The van der Waals surface area contributed by atoms with Gasteiger partial charge in [0.25, 0.3) is 5.91 Å². The minimum atomic E-state index is -0.640. The van der Waals surface area contributed by atoms with E-state index in [1.165, 1.54) is 0 Å². The maximum atomic E-state index is 11.8. The van der Waals surface area contributed by atoms with Gasteiger partial charge in [0.1, 0.15) is 5.60 Å². The lowest BCUT2D eigenvalue weighted by atomic mass is 10.0. The minimum Gasteiger partial charge on any atom is -0.483 e. The molecule has 1 atom stereocenters. The zero-order chi connectivity index (χ0) is 14.9. The van der Waals surface area contributed by atoms with Crippen molar-refractivity contribution >= 4 is 5.91 Å². The number of hydrogen-bond donors (Lipinski definition) is 2. The van der Waals surface area contributed by atoms with Gasteiger partial charge >= 0.3 is 0 Å². The van der Waals surface area contributed by atoms with Gasteiger partial charge in [0, 0.05) is 12.0 Å². The Labute approximate surface area is 119 Å². The van der Waals surface area contributed by atoms with Crippen molar-refractivity contribution in [2.24, 2.45) is 11.8 Å². The number of hydrogen-bond acceptors (Lipinski definition) is 4. The molecule has 0 radical (unpaired) electrons. The standard InChI is InChI=1S/C15H22N2O3/c1-9(2)12(14(18)17-16)19-11-7-5-6-10-8-15(3,4)20-13(10)11/h5-7,9,12H,8,16H2,1-4H3,(H,17,18). The summed E-state index contributed by atoms with van der Waals surface area (Å²) in [5.41, 5.74) is 3.00. The molecule has 1 aromatic carbocycles. The fourth-order valence-electron chi connectivity index (χ4n) is 2.39. The number of carbonyl (C=O) groups excluding carboxylic acids is 1. The van der Waals surface area contributed by atoms with E-state index in [4.69, 9.17) is 15.3 Å². The Hall–Kier alpha value is -1.75. The largest absolute Gasteiger partial charge is 0.483 e. The summed E-state index contributed by atoms with van der Waals surface area (Å²) in [6.07, 6.45) is 0.188. The maximum absolute atomic E-state index is 11.8. The molecule has 110 valence electrons. The van der Waals surface area contributed by atoms with E-state index in [9.17, 15) is 4.79 Å². The van der Waals surface area contributed by atoms with E-state index in [2.05, 4.69) is 5.43 Å². The summed E-state index contributed by atoms with van der Waals surface area (Å²) in [6.45, 7) is 7.88. The van der Waals surface area contributed by atoms with Crippen LogP contribution in [0, 0.1) is 5.92 Å². The summed E-state index contributed by atoms with van der Waals surface area (Å²) >= 11 is 0. The molecule has 0 aromatic heterocycles. The predicted molar refractivity (Wildman–Crippen MR) is 76.4 cm³/mol. The van der Waals surface area contributed by atoms with Gasteiger partial charge < -0.3 is 9.47 Å². The highest BCUT2D eigenvalue weighted by Gasteiger charge is 2.34. The van der Waals surface area contributed by atoms with Gasteiger partial charge in [-0.1, -0.05) is 26.0 Å². The molecule has 5 heteroatoms. The first-order chi connectivity index (χ1) is 9.34. The van der Waals surface area contributed by atoms with Gasteiger partial charge in [0.15, 0.2) is 17.6 Å². The molecule has 2 rings (SSSR count). The highest BCUT2D eigenvalue weighted by molar-refractivity contribution is 5.80. The lowest BCUT2D eigenvalue weighted by Crippen LogP contribution is -2.44. The highest BCUT2D eigenvalue weighted by atomic mass is 16.5. The van der Waals surface area contributed by atoms with Gasteiger partial charge in [-0.05, 0) is 25.8 Å². The summed E-state index contributed by atoms with van der Waals surface area (Å²) in [4.78, 5) is 11.8. The molecule has 1 aliphatic heterocycles. The van der Waals surface area contributed by atoms with Crippen LogP contribution in [0.1, 0.15) is 33.3 Å². The molecule has 0 saturated heterocycles. The summed E-state index contributed by atoms with van der Waals surface area (Å²) in [5, 5.41) is 0. The first-order valence-electron chi connectivity index (χ1n) is 6.82. The molecule has 5 nitrogen and oxygen atoms in total. The molecule has 0 spiro atoms. The topological polar surface area (TPSA) is 73.6 Å². The van der Waals surface area contributed by atoms with Crippen LogP contribution >= 0.6 is 0 Å². The summed E-state index contributed by atoms with van der Waals surface area (Å²) in [7, 11) is 0. The van der Waals surface area contributed by atoms with E-state index >= 15 is 0 Å². The number of amides is 1. The predicted octanol–water partition coefficient (Wildman–Crippen LogP) is 1.79. The van der Waals surface area contributed by atoms with Crippen LogP contribution < -0.4 is 20.7 Å². The Morgan fingerprint density at radius 1 is 1.45 bits per heavy atom. The maximum Gasteiger partial charge on any atom is 0.275 e. The zero-order valence-corrected chi connectivity index (χ0v) is 12.4. The van der Waals surface area contributed by atoms with Crippen LogP contribution in [0.25, 0.3) is 0 Å². The number of fused-ring (bicyclic) bond motifs is 1. The Bertz CT molecular complexity index is 512. The van der Waals surface area contributed by atoms with Crippen LogP contribution in [0.2, 0.25) is 0 Å². The number of nitrogens with two attached hydrogens (primary N) is 1. The van der Waals surface area contributed by atoms with Crippen LogP contribution in [-0.2, 0) is 11.2 Å². The van der Waals surface area contributed by atoms with Crippen molar-refractivity contribution in [1.29, 1.82) is 0 Å². The highest BCUT2D eigenvalue weighted by Crippen LogP contribution is 2.42. The average molecular weight is 278 g/mol. The van der Waals surface area contributed by atoms with Crippen LogP contribution in [0.5, 0.6) is 11.5 Å². The average Bonchev–Trinajstić information content (AvgIpc) is 2.69. The van der Waals surface area contributed by atoms with E-state index in [0.29, 0.717) is 5.75 Å². The number of carbonyl (C=O) groups is 1. The SMILES string of the molecule is CC(C)C(Oc1cccc2c1OC(C)(C)C2)C(=O)NN. The lowest BCUT2D eigenvalue weighted by Gasteiger charge is -2.23. The van der Waals surface area contributed by atoms with Crippen LogP contribution in [0.4, 0.5) is 0 Å². The van der Waals surface area contributed by atoms with E-state index in [1.807, 2.05) is 45.9 Å². The Morgan fingerprint density at radius 2 is 2.15 bits per heavy atom. The van der Waals surface area contributed by atoms with Gasteiger partial charge in [-0.25, -0.2) is 5.84 Å². The zero-order valence-electron chi connectivity index (χ0n) is 12.4. The molecule has 1 amide bonds. The third-order valence-corrected chi connectivity index (χ3v) is 3.32. The number of rotatable bonds is 4. The summed E-state index contributed by atoms with van der Waals surface area (Å²) < 4.78 is 11.8. The second-order valence-corrected chi connectivity index (χ2v) is 6.07. The smallest absolute Gasteiger partial charge is 0.275 e. The van der Waals surface area contributed by atoms with Crippen molar-refractivity contribution < 1.29 is 14.3 Å². The normalized spacial score (nSPS) is 17.3. The van der Waals surface area contributed by atoms with Crippen molar-refractivity contribution in [3.63, 3.8) is 0 Å². The van der Waals surface area contributed by atoms with Crippen LogP contribution in [-0.4, -0.2) is 17.6 Å². The number of hydrazine groups is 1. The summed E-state index contributed by atoms with van der Waals surface area (Å²) in [5.74, 6) is 6.20. The molecule has 1 aromatic rings. The number of ether oxygens (including phenoxy) is 2. The van der Waals surface area contributed by atoms with Crippen LogP contribution in [0.15, 0.2) is 18.2 Å². The van der Waals surface area contributed by atoms with Gasteiger partial charge in [0.05, 0.1) is 0 Å². The van der Waals surface area contributed by atoms with Crippen molar-refractivity contribution in [2.45, 2.75) is 45.8 Å². The molecular weight excluding hydrogens is 256 g/mol. The van der Waals surface area contributed by atoms with E-state index in [1.54, 1.807) is 0 Å². The molecule has 0 fully saturated rings. The first kappa shape index (κ1) is 14.7. The molecule has 3 N–H and O–H groups in total. The van der Waals surface area contributed by atoms with Crippen molar-refractivity contribution in [1.82, 2.24) is 5.43 Å². The van der Waals surface area contributed by atoms with Gasteiger partial charge in [0.2, 0.25) is 0 Å². The molecule has 1 unspecified atom stereocenters. The molecule has 0 saturated carbocycles. The van der Waals surface area contributed by atoms with Gasteiger partial charge in [-0.15, -0.1) is 0 Å². The van der Waals surface area contributed by atoms with Crippen molar-refractivity contribution in [2.75, 3.05) is 0 Å². The van der Waals surface area contributed by atoms with Gasteiger partial charge in [-0.3, -0.25) is 10.2 Å². The Morgan fingerprint density at radius 3 is 2.75 bits per heavy atom. The minimum absolute atomic E-state index is 0.00354. The van der Waals surface area contributed by atoms with E-state index < -0.39 is 6.10 Å². The summed E-state index contributed by atoms with van der Waals surface area (Å²) in [6, 6.07) is 5.75. The number of para-hydroxylation sites is 1. The molecule has 20 heavy (non-hydrogen) atoms.